The van der Waals surface area contributed by atoms with Gasteiger partial charge in [0.1, 0.15) is 17.3 Å². The fraction of sp³-hybridized carbons (Fsp3) is 0.261. The Morgan fingerprint density at radius 1 is 1.03 bits per heavy atom. The molecular formula is C23H26N4O2. The SMILES string of the molecule is CCOc1ccccc1NC(=O)c1cc(NC(C)CC)nc(-c2ccccc2)n1. The first kappa shape index (κ1) is 20.3. The topological polar surface area (TPSA) is 76.1 Å². The van der Waals surface area contributed by atoms with Gasteiger partial charge in [-0.15, -0.1) is 0 Å². The Morgan fingerprint density at radius 3 is 2.48 bits per heavy atom. The number of carbonyl (C=O) groups excluding carboxylic acids is 1. The quantitative estimate of drug-likeness (QED) is 0.566. The molecule has 0 saturated heterocycles. The first-order valence-electron chi connectivity index (χ1n) is 9.85. The van der Waals surface area contributed by atoms with E-state index in [0.717, 1.165) is 12.0 Å². The third-order valence-corrected chi connectivity index (χ3v) is 4.43. The van der Waals surface area contributed by atoms with Gasteiger partial charge in [0, 0.05) is 17.7 Å². The zero-order valence-electron chi connectivity index (χ0n) is 17.0. The molecule has 1 aromatic heterocycles. The van der Waals surface area contributed by atoms with Gasteiger partial charge in [-0.3, -0.25) is 4.79 Å². The Balaban J connectivity index is 1.95. The number of nitrogens with one attached hydrogen (secondary N) is 2. The van der Waals surface area contributed by atoms with Crippen molar-refractivity contribution in [3.63, 3.8) is 0 Å². The van der Waals surface area contributed by atoms with Gasteiger partial charge in [0.2, 0.25) is 0 Å². The van der Waals surface area contributed by atoms with Crippen LogP contribution >= 0.6 is 0 Å². The molecular weight excluding hydrogens is 364 g/mol. The number of rotatable bonds is 8. The first-order valence-corrected chi connectivity index (χ1v) is 9.85. The third-order valence-electron chi connectivity index (χ3n) is 4.43. The molecule has 0 saturated carbocycles. The van der Waals surface area contributed by atoms with E-state index in [4.69, 9.17) is 4.74 Å². The number of hydrogen-bond acceptors (Lipinski definition) is 5. The van der Waals surface area contributed by atoms with Gasteiger partial charge in [-0.2, -0.15) is 0 Å². The smallest absolute Gasteiger partial charge is 0.274 e. The maximum atomic E-state index is 13.0. The molecule has 3 rings (SSSR count). The van der Waals surface area contributed by atoms with E-state index in [9.17, 15) is 4.79 Å². The number of anilines is 2. The summed E-state index contributed by atoms with van der Waals surface area (Å²) in [4.78, 5) is 22.1. The second kappa shape index (κ2) is 9.68. The molecule has 6 heteroatoms. The molecule has 3 aromatic rings. The highest BCUT2D eigenvalue weighted by molar-refractivity contribution is 6.04. The van der Waals surface area contributed by atoms with Crippen molar-refractivity contribution in [1.82, 2.24) is 9.97 Å². The molecule has 0 spiro atoms. The fourth-order valence-electron chi connectivity index (χ4n) is 2.75. The molecule has 0 aliphatic carbocycles. The number of benzene rings is 2. The predicted octanol–water partition coefficient (Wildman–Crippen LogP) is 5.01. The highest BCUT2D eigenvalue weighted by Crippen LogP contribution is 2.25. The van der Waals surface area contributed by atoms with Crippen LogP contribution in [0.3, 0.4) is 0 Å². The molecule has 1 heterocycles. The minimum atomic E-state index is -0.316. The van der Waals surface area contributed by atoms with Crippen LogP contribution in [0, 0.1) is 0 Å². The third kappa shape index (κ3) is 5.31. The standard InChI is InChI=1S/C23H26N4O2/c1-4-16(3)24-21-15-19(25-22(27-21)17-11-7-6-8-12-17)23(28)26-18-13-9-10-14-20(18)29-5-2/h6-16H,4-5H2,1-3H3,(H,26,28)(H,24,25,27). The Bertz CT molecular complexity index is 960. The van der Waals surface area contributed by atoms with Gasteiger partial charge in [0.05, 0.1) is 12.3 Å². The van der Waals surface area contributed by atoms with Crippen LogP contribution in [-0.4, -0.2) is 28.5 Å². The van der Waals surface area contributed by atoms with Crippen molar-refractivity contribution < 1.29 is 9.53 Å². The molecule has 6 nitrogen and oxygen atoms in total. The number of carbonyl (C=O) groups is 1. The molecule has 29 heavy (non-hydrogen) atoms. The van der Waals surface area contributed by atoms with E-state index in [1.165, 1.54) is 0 Å². The maximum absolute atomic E-state index is 13.0. The van der Waals surface area contributed by atoms with Crippen LogP contribution in [-0.2, 0) is 0 Å². The molecule has 0 aliphatic heterocycles. The van der Waals surface area contributed by atoms with E-state index in [2.05, 4.69) is 34.4 Å². The predicted molar refractivity (Wildman–Crippen MR) is 116 cm³/mol. The second-order valence-corrected chi connectivity index (χ2v) is 6.66. The van der Waals surface area contributed by atoms with Gasteiger partial charge in [0.15, 0.2) is 5.82 Å². The molecule has 1 amide bonds. The lowest BCUT2D eigenvalue weighted by atomic mass is 10.2. The van der Waals surface area contributed by atoms with Crippen molar-refractivity contribution in [3.8, 4) is 17.1 Å². The normalized spacial score (nSPS) is 11.6. The number of para-hydroxylation sites is 2. The second-order valence-electron chi connectivity index (χ2n) is 6.66. The maximum Gasteiger partial charge on any atom is 0.274 e. The summed E-state index contributed by atoms with van der Waals surface area (Å²) in [5.74, 6) is 1.43. The summed E-state index contributed by atoms with van der Waals surface area (Å²) in [6, 6.07) is 18.9. The van der Waals surface area contributed by atoms with E-state index in [1.807, 2.05) is 55.5 Å². The summed E-state index contributed by atoms with van der Waals surface area (Å²) in [7, 11) is 0. The molecule has 1 unspecified atom stereocenters. The van der Waals surface area contributed by atoms with E-state index < -0.39 is 0 Å². The minimum Gasteiger partial charge on any atom is -0.492 e. The lowest BCUT2D eigenvalue weighted by molar-refractivity contribution is 0.102. The molecule has 0 aliphatic rings. The summed E-state index contributed by atoms with van der Waals surface area (Å²) in [5, 5.41) is 6.24. The average Bonchev–Trinajstić information content (AvgIpc) is 2.75. The summed E-state index contributed by atoms with van der Waals surface area (Å²) in [6.07, 6.45) is 0.938. The van der Waals surface area contributed by atoms with Crippen LogP contribution in [0.25, 0.3) is 11.4 Å². The molecule has 2 N–H and O–H groups in total. The Morgan fingerprint density at radius 2 is 1.76 bits per heavy atom. The van der Waals surface area contributed by atoms with Crippen molar-refractivity contribution in [3.05, 3.63) is 66.4 Å². The minimum absolute atomic E-state index is 0.225. The number of nitrogens with zero attached hydrogens (tertiary/aromatic N) is 2. The fourth-order valence-corrected chi connectivity index (χ4v) is 2.75. The Kier molecular flexibility index (Phi) is 6.79. The van der Waals surface area contributed by atoms with Crippen molar-refractivity contribution in [2.24, 2.45) is 0 Å². The molecule has 0 fully saturated rings. The summed E-state index contributed by atoms with van der Waals surface area (Å²) in [5.41, 5.74) is 1.75. The van der Waals surface area contributed by atoms with Crippen molar-refractivity contribution in [2.45, 2.75) is 33.2 Å². The molecule has 2 aromatic carbocycles. The molecule has 150 valence electrons. The van der Waals surface area contributed by atoms with Crippen LogP contribution in [0.5, 0.6) is 5.75 Å². The average molecular weight is 390 g/mol. The zero-order chi connectivity index (χ0) is 20.6. The number of hydrogen-bond donors (Lipinski definition) is 2. The van der Waals surface area contributed by atoms with Crippen molar-refractivity contribution >= 4 is 17.4 Å². The summed E-state index contributed by atoms with van der Waals surface area (Å²) in [6.45, 7) is 6.58. The molecule has 0 radical (unpaired) electrons. The number of amides is 1. The van der Waals surface area contributed by atoms with Gasteiger partial charge in [0.25, 0.3) is 5.91 Å². The lowest BCUT2D eigenvalue weighted by Gasteiger charge is -2.15. The largest absolute Gasteiger partial charge is 0.492 e. The first-order chi connectivity index (χ1) is 14.1. The van der Waals surface area contributed by atoms with Crippen LogP contribution in [0.4, 0.5) is 11.5 Å². The van der Waals surface area contributed by atoms with E-state index in [1.54, 1.807) is 12.1 Å². The van der Waals surface area contributed by atoms with Crippen molar-refractivity contribution in [1.29, 1.82) is 0 Å². The Labute approximate surface area is 171 Å². The van der Waals surface area contributed by atoms with Gasteiger partial charge >= 0.3 is 0 Å². The number of aromatic nitrogens is 2. The Hall–Kier alpha value is -3.41. The van der Waals surface area contributed by atoms with Crippen molar-refractivity contribution in [2.75, 3.05) is 17.2 Å². The van der Waals surface area contributed by atoms with Gasteiger partial charge in [-0.1, -0.05) is 49.4 Å². The van der Waals surface area contributed by atoms with Gasteiger partial charge < -0.3 is 15.4 Å². The van der Waals surface area contributed by atoms with Crippen LogP contribution < -0.4 is 15.4 Å². The summed E-state index contributed by atoms with van der Waals surface area (Å²) >= 11 is 0. The van der Waals surface area contributed by atoms with Crippen LogP contribution in [0.15, 0.2) is 60.7 Å². The number of ether oxygens (including phenoxy) is 1. The zero-order valence-corrected chi connectivity index (χ0v) is 17.0. The molecule has 1 atom stereocenters. The van der Waals surface area contributed by atoms with E-state index in [-0.39, 0.29) is 17.6 Å². The van der Waals surface area contributed by atoms with E-state index >= 15 is 0 Å². The van der Waals surface area contributed by atoms with Crippen LogP contribution in [0.1, 0.15) is 37.7 Å². The van der Waals surface area contributed by atoms with Crippen LogP contribution in [0.2, 0.25) is 0 Å². The highest BCUT2D eigenvalue weighted by Gasteiger charge is 2.16. The lowest BCUT2D eigenvalue weighted by Crippen LogP contribution is -2.19. The highest BCUT2D eigenvalue weighted by atomic mass is 16.5. The molecule has 0 bridgehead atoms. The summed E-state index contributed by atoms with van der Waals surface area (Å²) < 4.78 is 5.60. The van der Waals surface area contributed by atoms with E-state index in [0.29, 0.717) is 29.7 Å². The van der Waals surface area contributed by atoms with Gasteiger partial charge in [-0.25, -0.2) is 9.97 Å². The monoisotopic (exact) mass is 390 g/mol. The van der Waals surface area contributed by atoms with Gasteiger partial charge in [-0.05, 0) is 32.4 Å².